The van der Waals surface area contributed by atoms with Gasteiger partial charge in [0.2, 0.25) is 0 Å². The van der Waals surface area contributed by atoms with Gasteiger partial charge in [-0.15, -0.1) is 0 Å². The van der Waals surface area contributed by atoms with Gasteiger partial charge in [-0.3, -0.25) is 9.59 Å². The van der Waals surface area contributed by atoms with Gasteiger partial charge in [0.25, 0.3) is 11.7 Å². The first-order valence-corrected chi connectivity index (χ1v) is 9.83. The molecular weight excluding hydrogens is 376 g/mol. The fourth-order valence-electron chi connectivity index (χ4n) is 3.98. The molecule has 0 spiro atoms. The maximum absolute atomic E-state index is 12.6. The monoisotopic (exact) mass is 398 g/mol. The number of aromatic nitrogens is 1. The summed E-state index contributed by atoms with van der Waals surface area (Å²) in [5.74, 6) is -1.86. The van der Waals surface area contributed by atoms with E-state index in [1.165, 1.54) is 6.07 Å². The van der Waals surface area contributed by atoms with Crippen LogP contribution in [0.5, 0.6) is 5.75 Å². The maximum atomic E-state index is 12.6. The zero-order valence-electron chi connectivity index (χ0n) is 16.6. The Morgan fingerprint density at radius 2 is 1.60 bits per heavy atom. The van der Waals surface area contributed by atoms with Crippen molar-refractivity contribution in [1.82, 2.24) is 4.40 Å². The van der Waals surface area contributed by atoms with E-state index in [-0.39, 0.29) is 11.3 Å². The first-order valence-electron chi connectivity index (χ1n) is 9.83. The van der Waals surface area contributed by atoms with Gasteiger partial charge in [-0.25, -0.2) is 0 Å². The molecule has 0 aliphatic carbocycles. The van der Waals surface area contributed by atoms with Crippen molar-refractivity contribution in [2.45, 2.75) is 19.8 Å². The van der Waals surface area contributed by atoms with Gasteiger partial charge in [-0.1, -0.05) is 61.5 Å². The molecule has 0 unspecified atom stereocenters. The SMILES string of the molecule is CCc1c(C(=O)C(N)=O)c2c(O)cccn2c1Cc1ccc(-c2ccccc2)cc1. The van der Waals surface area contributed by atoms with Gasteiger partial charge < -0.3 is 15.2 Å². The van der Waals surface area contributed by atoms with E-state index in [1.54, 1.807) is 16.7 Å². The Morgan fingerprint density at radius 1 is 0.933 bits per heavy atom. The Hall–Kier alpha value is -3.86. The molecule has 0 aliphatic heterocycles. The average molecular weight is 398 g/mol. The molecule has 0 bridgehead atoms. The largest absolute Gasteiger partial charge is 0.506 e. The molecule has 30 heavy (non-hydrogen) atoms. The lowest BCUT2D eigenvalue weighted by atomic mass is 9.98. The van der Waals surface area contributed by atoms with Gasteiger partial charge in [0, 0.05) is 18.3 Å². The Bertz CT molecular complexity index is 1240. The molecule has 0 aliphatic rings. The molecule has 0 saturated carbocycles. The fraction of sp³-hybridized carbons (Fsp3) is 0.120. The van der Waals surface area contributed by atoms with E-state index < -0.39 is 11.7 Å². The summed E-state index contributed by atoms with van der Waals surface area (Å²) in [4.78, 5) is 24.2. The van der Waals surface area contributed by atoms with Crippen LogP contribution in [0.2, 0.25) is 0 Å². The normalized spacial score (nSPS) is 11.0. The molecule has 1 amide bonds. The highest BCUT2D eigenvalue weighted by Crippen LogP contribution is 2.32. The third kappa shape index (κ3) is 3.35. The zero-order chi connectivity index (χ0) is 21.3. The predicted molar refractivity (Wildman–Crippen MR) is 117 cm³/mol. The van der Waals surface area contributed by atoms with Crippen LogP contribution >= 0.6 is 0 Å². The quantitative estimate of drug-likeness (QED) is 0.378. The summed E-state index contributed by atoms with van der Waals surface area (Å²) in [5, 5.41) is 10.4. The van der Waals surface area contributed by atoms with E-state index in [2.05, 4.69) is 36.4 Å². The van der Waals surface area contributed by atoms with Crippen LogP contribution in [0.3, 0.4) is 0 Å². The van der Waals surface area contributed by atoms with Crippen LogP contribution < -0.4 is 5.73 Å². The molecule has 3 N–H and O–H groups in total. The number of benzene rings is 2. The lowest BCUT2D eigenvalue weighted by Crippen LogP contribution is -2.24. The van der Waals surface area contributed by atoms with Gasteiger partial charge >= 0.3 is 0 Å². The van der Waals surface area contributed by atoms with Crippen molar-refractivity contribution in [2.75, 3.05) is 0 Å². The van der Waals surface area contributed by atoms with Crippen molar-refractivity contribution in [3.05, 3.63) is 95.3 Å². The zero-order valence-corrected chi connectivity index (χ0v) is 16.6. The molecular formula is C25H22N2O3. The number of aromatic hydroxyl groups is 1. The molecule has 0 radical (unpaired) electrons. The van der Waals surface area contributed by atoms with Crippen molar-refractivity contribution in [2.24, 2.45) is 5.73 Å². The van der Waals surface area contributed by atoms with Gasteiger partial charge in [0.15, 0.2) is 0 Å². The summed E-state index contributed by atoms with van der Waals surface area (Å²) in [5.41, 5.74) is 10.7. The first kappa shape index (κ1) is 19.5. The second-order valence-electron chi connectivity index (χ2n) is 7.20. The minimum Gasteiger partial charge on any atom is -0.506 e. The Labute approximate surface area is 174 Å². The smallest absolute Gasteiger partial charge is 0.289 e. The second-order valence-corrected chi connectivity index (χ2v) is 7.20. The number of carbonyl (C=O) groups excluding carboxylic acids is 2. The topological polar surface area (TPSA) is 84.8 Å². The molecule has 0 atom stereocenters. The van der Waals surface area contributed by atoms with Crippen molar-refractivity contribution in [3.8, 4) is 16.9 Å². The molecule has 150 valence electrons. The summed E-state index contributed by atoms with van der Waals surface area (Å²) >= 11 is 0. The summed E-state index contributed by atoms with van der Waals surface area (Å²) in [7, 11) is 0. The van der Waals surface area contributed by atoms with Gasteiger partial charge in [-0.05, 0) is 40.8 Å². The summed E-state index contributed by atoms with van der Waals surface area (Å²) < 4.78 is 1.79. The molecule has 4 rings (SSSR count). The third-order valence-corrected chi connectivity index (χ3v) is 5.39. The number of Topliss-reactive ketones (excluding diaryl/α,β-unsaturated/α-hetero) is 1. The molecule has 5 heteroatoms. The fourth-order valence-corrected chi connectivity index (χ4v) is 3.98. The van der Waals surface area contributed by atoms with Crippen molar-refractivity contribution in [1.29, 1.82) is 0 Å². The summed E-state index contributed by atoms with van der Waals surface area (Å²) in [6, 6.07) is 21.6. The predicted octanol–water partition coefficient (Wildman–Crippen LogP) is 4.13. The summed E-state index contributed by atoms with van der Waals surface area (Å²) in [6.07, 6.45) is 2.88. The number of fused-ring (bicyclic) bond motifs is 1. The molecule has 2 aromatic heterocycles. The van der Waals surface area contributed by atoms with Gasteiger partial charge in [0.05, 0.1) is 11.1 Å². The Kier molecular flexibility index (Phi) is 5.11. The Morgan fingerprint density at radius 3 is 2.23 bits per heavy atom. The van der Waals surface area contributed by atoms with E-state index in [4.69, 9.17) is 5.73 Å². The first-order chi connectivity index (χ1) is 14.5. The number of rotatable bonds is 6. The van der Waals surface area contributed by atoms with E-state index >= 15 is 0 Å². The van der Waals surface area contributed by atoms with Crippen LogP contribution in [0, 0.1) is 0 Å². The van der Waals surface area contributed by atoms with Gasteiger partial charge in [-0.2, -0.15) is 0 Å². The number of hydrogen-bond acceptors (Lipinski definition) is 3. The molecule has 0 saturated heterocycles. The van der Waals surface area contributed by atoms with Crippen molar-refractivity contribution < 1.29 is 14.7 Å². The van der Waals surface area contributed by atoms with Crippen LogP contribution in [-0.2, 0) is 17.6 Å². The van der Waals surface area contributed by atoms with E-state index in [9.17, 15) is 14.7 Å². The van der Waals surface area contributed by atoms with Crippen LogP contribution in [0.25, 0.3) is 16.6 Å². The number of nitrogens with zero attached hydrogens (tertiary/aromatic N) is 1. The summed E-state index contributed by atoms with van der Waals surface area (Å²) in [6.45, 7) is 1.92. The number of carbonyl (C=O) groups is 2. The number of amides is 1. The van der Waals surface area contributed by atoms with E-state index in [0.717, 1.165) is 27.9 Å². The van der Waals surface area contributed by atoms with E-state index in [0.29, 0.717) is 18.4 Å². The van der Waals surface area contributed by atoms with Crippen molar-refractivity contribution >= 4 is 17.2 Å². The van der Waals surface area contributed by atoms with Crippen LogP contribution in [0.4, 0.5) is 0 Å². The van der Waals surface area contributed by atoms with Crippen LogP contribution in [0.15, 0.2) is 72.9 Å². The molecule has 5 nitrogen and oxygen atoms in total. The maximum Gasteiger partial charge on any atom is 0.289 e. The highest BCUT2D eigenvalue weighted by atomic mass is 16.3. The second kappa shape index (κ2) is 7.87. The number of hydrogen-bond donors (Lipinski definition) is 2. The van der Waals surface area contributed by atoms with E-state index in [1.807, 2.05) is 25.1 Å². The molecule has 0 fully saturated rings. The molecule has 2 heterocycles. The number of ketones is 1. The number of primary amides is 1. The minimum atomic E-state index is -1.03. The highest BCUT2D eigenvalue weighted by molar-refractivity contribution is 6.44. The molecule has 2 aromatic carbocycles. The van der Waals surface area contributed by atoms with Gasteiger partial charge in [0.1, 0.15) is 5.75 Å². The lowest BCUT2D eigenvalue weighted by molar-refractivity contribution is -0.114. The minimum absolute atomic E-state index is 0.0533. The Balaban J connectivity index is 1.80. The van der Waals surface area contributed by atoms with Crippen LogP contribution in [-0.4, -0.2) is 21.2 Å². The number of nitrogens with two attached hydrogens (primary N) is 1. The highest BCUT2D eigenvalue weighted by Gasteiger charge is 2.27. The third-order valence-electron chi connectivity index (χ3n) is 5.39. The lowest BCUT2D eigenvalue weighted by Gasteiger charge is -2.08. The van der Waals surface area contributed by atoms with Crippen molar-refractivity contribution in [3.63, 3.8) is 0 Å². The van der Waals surface area contributed by atoms with Crippen LogP contribution in [0.1, 0.15) is 34.1 Å². The standard InChI is InChI=1S/C25H22N2O3/c1-2-19-20(15-16-10-12-18(13-11-16)17-7-4-3-5-8-17)27-14-6-9-21(28)23(27)22(19)24(29)25(26)30/h3-14,28H,2,15H2,1H3,(H2,26,30). The molecule has 4 aromatic rings. The average Bonchev–Trinajstić information content (AvgIpc) is 3.08. The number of pyridine rings is 1.